The number of nitrogens with two attached hydrogens (primary N) is 1. The third-order valence-corrected chi connectivity index (χ3v) is 3.12. The summed E-state index contributed by atoms with van der Waals surface area (Å²) in [6.45, 7) is 9.88. The van der Waals surface area contributed by atoms with Crippen molar-refractivity contribution in [3.05, 3.63) is 0 Å². The average Bonchev–Trinajstić information content (AvgIpc) is 2.38. The van der Waals surface area contributed by atoms with Crippen LogP contribution >= 0.6 is 24.0 Å². The van der Waals surface area contributed by atoms with E-state index < -0.39 is 0 Å². The van der Waals surface area contributed by atoms with Gasteiger partial charge < -0.3 is 20.5 Å². The molecule has 0 atom stereocenters. The summed E-state index contributed by atoms with van der Waals surface area (Å²) in [6, 6.07) is 0. The summed E-state index contributed by atoms with van der Waals surface area (Å²) in [5, 5.41) is 3.02. The molecule has 0 aromatic carbocycles. The summed E-state index contributed by atoms with van der Waals surface area (Å²) in [6.07, 6.45) is 0. The molecule has 6 nitrogen and oxygen atoms in total. The lowest BCUT2D eigenvalue weighted by atomic mass is 10.0. The fourth-order valence-electron chi connectivity index (χ4n) is 1.88. The summed E-state index contributed by atoms with van der Waals surface area (Å²) in [5.41, 5.74) is 5.80. The minimum Gasteiger partial charge on any atom is -0.383 e. The molecule has 19 heavy (non-hydrogen) atoms. The van der Waals surface area contributed by atoms with E-state index in [0.29, 0.717) is 25.7 Å². The number of nitrogens with zero attached hydrogens (tertiary/aromatic N) is 2. The molecule has 1 heterocycles. The molecule has 1 saturated heterocycles. The van der Waals surface area contributed by atoms with Crippen LogP contribution in [0, 0.1) is 0 Å². The summed E-state index contributed by atoms with van der Waals surface area (Å²) in [5.74, 6) is 0.480. The van der Waals surface area contributed by atoms with Crippen LogP contribution in [0.25, 0.3) is 0 Å². The largest absolute Gasteiger partial charge is 0.383 e. The molecule has 0 unspecified atom stereocenters. The van der Waals surface area contributed by atoms with Gasteiger partial charge in [-0.15, -0.1) is 24.0 Å². The molecule has 0 saturated carbocycles. The molecule has 7 heteroatoms. The molecule has 1 rings (SSSR count). The van der Waals surface area contributed by atoms with Gasteiger partial charge in [0.1, 0.15) is 0 Å². The number of morpholine rings is 1. The van der Waals surface area contributed by atoms with Crippen LogP contribution in [0.2, 0.25) is 0 Å². The van der Waals surface area contributed by atoms with Crippen molar-refractivity contribution in [1.29, 1.82) is 0 Å². The van der Waals surface area contributed by atoms with Crippen LogP contribution in [0.1, 0.15) is 13.8 Å². The van der Waals surface area contributed by atoms with Crippen molar-refractivity contribution in [2.75, 3.05) is 53.1 Å². The third kappa shape index (κ3) is 7.28. The van der Waals surface area contributed by atoms with Crippen LogP contribution in [0.3, 0.4) is 0 Å². The molecule has 0 amide bonds. The number of rotatable bonds is 6. The van der Waals surface area contributed by atoms with Crippen LogP contribution in [-0.4, -0.2) is 69.5 Å². The molecule has 114 valence electrons. The second kappa shape index (κ2) is 9.73. The number of halogens is 1. The van der Waals surface area contributed by atoms with Crippen LogP contribution in [0.4, 0.5) is 0 Å². The highest BCUT2D eigenvalue weighted by atomic mass is 127. The maximum absolute atomic E-state index is 5.79. The van der Waals surface area contributed by atoms with Crippen molar-refractivity contribution in [3.8, 4) is 0 Å². The predicted molar refractivity (Wildman–Crippen MR) is 88.3 cm³/mol. The SMILES string of the molecule is COCCNC(N)=NCC(C)(C)N1CCOCC1.I. The van der Waals surface area contributed by atoms with Crippen LogP contribution in [0.15, 0.2) is 4.99 Å². The Morgan fingerprint density at radius 3 is 2.63 bits per heavy atom. The number of methoxy groups -OCH3 is 1. The standard InChI is InChI=1S/C12H26N4O2.HI/c1-12(2,16-5-8-18-9-6-16)10-15-11(13)14-4-7-17-3;/h4-10H2,1-3H3,(H3,13,14,15);1H. The van der Waals surface area contributed by atoms with Gasteiger partial charge in [-0.05, 0) is 13.8 Å². The Balaban J connectivity index is 0.00000324. The van der Waals surface area contributed by atoms with E-state index in [4.69, 9.17) is 15.2 Å². The van der Waals surface area contributed by atoms with Gasteiger partial charge in [-0.2, -0.15) is 0 Å². The lowest BCUT2D eigenvalue weighted by Gasteiger charge is -2.39. The van der Waals surface area contributed by atoms with Crippen LogP contribution in [-0.2, 0) is 9.47 Å². The highest BCUT2D eigenvalue weighted by Crippen LogP contribution is 2.16. The minimum absolute atomic E-state index is 0. The Hall–Kier alpha value is -0.120. The molecule has 1 aliphatic heterocycles. The molecule has 3 N–H and O–H groups in total. The zero-order valence-electron chi connectivity index (χ0n) is 12.1. The van der Waals surface area contributed by atoms with E-state index in [-0.39, 0.29) is 29.5 Å². The molecule has 0 radical (unpaired) electrons. The van der Waals surface area contributed by atoms with Crippen molar-refractivity contribution in [3.63, 3.8) is 0 Å². The molecule has 0 aromatic rings. The van der Waals surface area contributed by atoms with Gasteiger partial charge in [-0.1, -0.05) is 0 Å². The number of hydrogen-bond acceptors (Lipinski definition) is 4. The van der Waals surface area contributed by atoms with Crippen molar-refractivity contribution in [1.82, 2.24) is 10.2 Å². The lowest BCUT2D eigenvalue weighted by molar-refractivity contribution is -0.00682. The van der Waals surface area contributed by atoms with E-state index in [1.165, 1.54) is 0 Å². The van der Waals surface area contributed by atoms with E-state index in [9.17, 15) is 0 Å². The highest BCUT2D eigenvalue weighted by Gasteiger charge is 2.27. The second-order valence-corrected chi connectivity index (χ2v) is 5.03. The Morgan fingerprint density at radius 1 is 1.42 bits per heavy atom. The number of nitrogens with one attached hydrogen (secondary N) is 1. The normalized spacial score (nSPS) is 17.9. The van der Waals surface area contributed by atoms with Crippen molar-refractivity contribution in [2.24, 2.45) is 10.7 Å². The van der Waals surface area contributed by atoms with Crippen LogP contribution in [0.5, 0.6) is 0 Å². The maximum Gasteiger partial charge on any atom is 0.188 e. The topological polar surface area (TPSA) is 72.1 Å². The Kier molecular flexibility index (Phi) is 9.67. The van der Waals surface area contributed by atoms with E-state index in [2.05, 4.69) is 29.1 Å². The number of hydrogen-bond donors (Lipinski definition) is 2. The van der Waals surface area contributed by atoms with Gasteiger partial charge in [-0.25, -0.2) is 0 Å². The molecule has 0 aliphatic carbocycles. The van der Waals surface area contributed by atoms with Gasteiger partial charge in [0.2, 0.25) is 0 Å². The number of aliphatic imine (C=N–C) groups is 1. The zero-order valence-corrected chi connectivity index (χ0v) is 14.5. The first kappa shape index (κ1) is 18.9. The molecule has 0 spiro atoms. The average molecular weight is 386 g/mol. The highest BCUT2D eigenvalue weighted by molar-refractivity contribution is 14.0. The summed E-state index contributed by atoms with van der Waals surface area (Å²) < 4.78 is 10.3. The van der Waals surface area contributed by atoms with Gasteiger partial charge in [-0.3, -0.25) is 9.89 Å². The van der Waals surface area contributed by atoms with Gasteiger partial charge >= 0.3 is 0 Å². The fraction of sp³-hybridized carbons (Fsp3) is 0.917. The van der Waals surface area contributed by atoms with E-state index in [0.717, 1.165) is 26.3 Å². The molecular formula is C12H27IN4O2. The predicted octanol–water partition coefficient (Wildman–Crippen LogP) is 0.266. The fourth-order valence-corrected chi connectivity index (χ4v) is 1.88. The van der Waals surface area contributed by atoms with E-state index >= 15 is 0 Å². The number of ether oxygens (including phenoxy) is 2. The van der Waals surface area contributed by atoms with E-state index in [1.54, 1.807) is 7.11 Å². The summed E-state index contributed by atoms with van der Waals surface area (Å²) >= 11 is 0. The third-order valence-electron chi connectivity index (χ3n) is 3.12. The van der Waals surface area contributed by atoms with Gasteiger partial charge in [0.25, 0.3) is 0 Å². The van der Waals surface area contributed by atoms with Gasteiger partial charge in [0.15, 0.2) is 5.96 Å². The van der Waals surface area contributed by atoms with E-state index in [1.807, 2.05) is 0 Å². The zero-order chi connectivity index (χ0) is 13.4. The van der Waals surface area contributed by atoms with Crippen LogP contribution < -0.4 is 11.1 Å². The molecule has 1 fully saturated rings. The van der Waals surface area contributed by atoms with Crippen molar-refractivity contribution in [2.45, 2.75) is 19.4 Å². The quantitative estimate of drug-likeness (QED) is 0.297. The maximum atomic E-state index is 5.79. The summed E-state index contributed by atoms with van der Waals surface area (Å²) in [4.78, 5) is 6.78. The first-order valence-electron chi connectivity index (χ1n) is 6.42. The summed E-state index contributed by atoms with van der Waals surface area (Å²) in [7, 11) is 1.66. The van der Waals surface area contributed by atoms with Crippen molar-refractivity contribution < 1.29 is 9.47 Å². The van der Waals surface area contributed by atoms with Gasteiger partial charge in [0, 0.05) is 32.3 Å². The first-order valence-corrected chi connectivity index (χ1v) is 6.42. The monoisotopic (exact) mass is 386 g/mol. The number of guanidine groups is 1. The minimum atomic E-state index is 0. The Labute approximate surface area is 133 Å². The van der Waals surface area contributed by atoms with Gasteiger partial charge in [0.05, 0.1) is 26.4 Å². The molecular weight excluding hydrogens is 359 g/mol. The second-order valence-electron chi connectivity index (χ2n) is 5.03. The Morgan fingerprint density at radius 2 is 2.05 bits per heavy atom. The van der Waals surface area contributed by atoms with Crippen molar-refractivity contribution >= 4 is 29.9 Å². The molecule has 0 aromatic heterocycles. The molecule has 1 aliphatic rings. The first-order chi connectivity index (χ1) is 8.56. The lowest BCUT2D eigenvalue weighted by Crippen LogP contribution is -2.52. The molecule has 0 bridgehead atoms. The Bertz CT molecular complexity index is 268. The smallest absolute Gasteiger partial charge is 0.188 e.